The first-order valence-corrected chi connectivity index (χ1v) is 34.3. The van der Waals surface area contributed by atoms with E-state index in [-0.39, 0.29) is 31.1 Å². The Bertz CT molecular complexity index is 1230. The molecule has 76 heavy (non-hydrogen) atoms. The van der Waals surface area contributed by atoms with E-state index in [1.807, 2.05) is 0 Å². The van der Waals surface area contributed by atoms with E-state index in [2.05, 4.69) is 45.1 Å². The standard InChI is InChI=1S/C70H132O6/c1-4-7-10-13-16-19-22-24-26-28-29-30-31-32-33-34-35-36-37-38-39-40-42-43-45-48-51-54-57-60-63-69(72)75-66-67(65-74-68(71)62-59-56-53-50-47-21-18-15-12-9-6-3)76-70(73)64-61-58-55-52-49-46-44-41-27-25-23-20-17-14-11-8-5-2/h17,20,25,27,67H,4-16,18-19,21-24,26,28-66H2,1-3H3/b20-17-,27-25-. The van der Waals surface area contributed by atoms with Crippen LogP contribution in [-0.4, -0.2) is 37.2 Å². The SMILES string of the molecule is CCCCC/C=C\C/C=C\CCCCCCCCCC(=O)OC(COC(=O)CCCCCCCCCCCCC)COC(=O)CCCCCCCCCCCCCCCCCCCCCCCCCCCCCCCC. The van der Waals surface area contributed by atoms with Crippen molar-refractivity contribution >= 4 is 17.9 Å². The van der Waals surface area contributed by atoms with Crippen molar-refractivity contribution in [2.45, 2.75) is 393 Å². The van der Waals surface area contributed by atoms with E-state index in [1.54, 1.807) is 0 Å². The summed E-state index contributed by atoms with van der Waals surface area (Å²) < 4.78 is 16.9. The summed E-state index contributed by atoms with van der Waals surface area (Å²) in [6.45, 7) is 6.67. The molecule has 0 spiro atoms. The molecular formula is C70H132O6. The maximum absolute atomic E-state index is 12.9. The van der Waals surface area contributed by atoms with Crippen molar-refractivity contribution in [3.05, 3.63) is 24.3 Å². The van der Waals surface area contributed by atoms with Gasteiger partial charge in [-0.05, 0) is 51.4 Å². The molecule has 0 aromatic carbocycles. The molecule has 0 rings (SSSR count). The summed E-state index contributed by atoms with van der Waals surface area (Å²) in [6, 6.07) is 0. The number of hydrogen-bond acceptors (Lipinski definition) is 6. The molecule has 0 aliphatic heterocycles. The summed E-state index contributed by atoms with van der Waals surface area (Å²) in [5.74, 6) is -0.850. The van der Waals surface area contributed by atoms with Crippen LogP contribution in [0.1, 0.15) is 387 Å². The second kappa shape index (κ2) is 65.4. The molecule has 6 nitrogen and oxygen atoms in total. The van der Waals surface area contributed by atoms with Crippen molar-refractivity contribution in [1.29, 1.82) is 0 Å². The molecular weight excluding hydrogens is 937 g/mol. The van der Waals surface area contributed by atoms with Crippen molar-refractivity contribution in [1.82, 2.24) is 0 Å². The Labute approximate surface area is 474 Å². The molecule has 6 heteroatoms. The van der Waals surface area contributed by atoms with Crippen LogP contribution in [0.25, 0.3) is 0 Å². The second-order valence-electron chi connectivity index (χ2n) is 23.5. The van der Waals surface area contributed by atoms with E-state index in [0.717, 1.165) is 70.6 Å². The minimum absolute atomic E-state index is 0.0686. The molecule has 0 bridgehead atoms. The first-order valence-electron chi connectivity index (χ1n) is 34.3. The summed E-state index contributed by atoms with van der Waals surface area (Å²) in [4.78, 5) is 38.3. The normalized spacial score (nSPS) is 12.1. The van der Waals surface area contributed by atoms with Gasteiger partial charge < -0.3 is 14.2 Å². The number of carbonyl (C=O) groups is 3. The van der Waals surface area contributed by atoms with Crippen molar-refractivity contribution in [3.8, 4) is 0 Å². The highest BCUT2D eigenvalue weighted by Crippen LogP contribution is 2.19. The van der Waals surface area contributed by atoms with Gasteiger partial charge in [-0.2, -0.15) is 0 Å². The molecule has 0 saturated carbocycles. The molecule has 0 aromatic rings. The predicted octanol–water partition coefficient (Wildman–Crippen LogP) is 23.4. The van der Waals surface area contributed by atoms with Crippen LogP contribution in [0.2, 0.25) is 0 Å². The lowest BCUT2D eigenvalue weighted by molar-refractivity contribution is -0.167. The molecule has 448 valence electrons. The van der Waals surface area contributed by atoms with Crippen LogP contribution in [0.5, 0.6) is 0 Å². The Balaban J connectivity index is 4.10. The summed E-state index contributed by atoms with van der Waals surface area (Å²) in [5.41, 5.74) is 0. The fraction of sp³-hybridized carbons (Fsp3) is 0.900. The van der Waals surface area contributed by atoms with Gasteiger partial charge in [0.1, 0.15) is 13.2 Å². The molecule has 0 radical (unpaired) electrons. The molecule has 1 unspecified atom stereocenters. The number of hydrogen-bond donors (Lipinski definition) is 0. The van der Waals surface area contributed by atoms with E-state index in [0.29, 0.717) is 19.3 Å². The average molecular weight is 1070 g/mol. The summed E-state index contributed by atoms with van der Waals surface area (Å²) in [6.07, 6.45) is 79.3. The summed E-state index contributed by atoms with van der Waals surface area (Å²) >= 11 is 0. The Morgan fingerprint density at radius 3 is 0.750 bits per heavy atom. The van der Waals surface area contributed by atoms with Gasteiger partial charge in [-0.1, -0.05) is 340 Å². The van der Waals surface area contributed by atoms with Gasteiger partial charge in [-0.25, -0.2) is 0 Å². The highest BCUT2D eigenvalue weighted by molar-refractivity contribution is 5.71. The predicted molar refractivity (Wildman–Crippen MR) is 330 cm³/mol. The molecule has 0 saturated heterocycles. The third-order valence-electron chi connectivity index (χ3n) is 15.7. The van der Waals surface area contributed by atoms with Crippen LogP contribution in [-0.2, 0) is 28.6 Å². The van der Waals surface area contributed by atoms with Gasteiger partial charge in [0, 0.05) is 19.3 Å². The first kappa shape index (κ1) is 73.9. The third-order valence-corrected chi connectivity index (χ3v) is 15.7. The summed E-state index contributed by atoms with van der Waals surface area (Å²) in [7, 11) is 0. The van der Waals surface area contributed by atoms with Gasteiger partial charge in [0.25, 0.3) is 0 Å². The lowest BCUT2D eigenvalue weighted by Crippen LogP contribution is -2.30. The van der Waals surface area contributed by atoms with Gasteiger partial charge in [-0.15, -0.1) is 0 Å². The van der Waals surface area contributed by atoms with Crippen LogP contribution in [0.15, 0.2) is 24.3 Å². The zero-order valence-electron chi connectivity index (χ0n) is 51.6. The Morgan fingerprint density at radius 2 is 0.474 bits per heavy atom. The maximum Gasteiger partial charge on any atom is 0.306 e. The molecule has 0 aromatic heterocycles. The Morgan fingerprint density at radius 1 is 0.263 bits per heavy atom. The van der Waals surface area contributed by atoms with Gasteiger partial charge in [0.15, 0.2) is 6.10 Å². The minimum Gasteiger partial charge on any atom is -0.462 e. The van der Waals surface area contributed by atoms with E-state index >= 15 is 0 Å². The van der Waals surface area contributed by atoms with Crippen molar-refractivity contribution in [3.63, 3.8) is 0 Å². The minimum atomic E-state index is -0.771. The fourth-order valence-corrected chi connectivity index (χ4v) is 10.5. The second-order valence-corrected chi connectivity index (χ2v) is 23.5. The van der Waals surface area contributed by atoms with Crippen molar-refractivity contribution in [2.24, 2.45) is 0 Å². The van der Waals surface area contributed by atoms with E-state index in [4.69, 9.17) is 14.2 Å². The number of ether oxygens (including phenoxy) is 3. The molecule has 1 atom stereocenters. The molecule has 0 aliphatic rings. The zero-order chi connectivity index (χ0) is 55.0. The smallest absolute Gasteiger partial charge is 0.306 e. The molecule has 0 heterocycles. The van der Waals surface area contributed by atoms with Gasteiger partial charge in [0.2, 0.25) is 0 Å². The average Bonchev–Trinajstić information content (AvgIpc) is 3.42. The highest BCUT2D eigenvalue weighted by Gasteiger charge is 2.19. The maximum atomic E-state index is 12.9. The number of rotatable bonds is 64. The Hall–Kier alpha value is -2.11. The fourth-order valence-electron chi connectivity index (χ4n) is 10.5. The first-order chi connectivity index (χ1) is 37.5. The molecule has 0 fully saturated rings. The number of carbonyl (C=O) groups excluding carboxylic acids is 3. The molecule has 0 amide bonds. The highest BCUT2D eigenvalue weighted by atomic mass is 16.6. The van der Waals surface area contributed by atoms with Crippen LogP contribution in [0.3, 0.4) is 0 Å². The van der Waals surface area contributed by atoms with Crippen LogP contribution < -0.4 is 0 Å². The lowest BCUT2D eigenvalue weighted by Gasteiger charge is -2.18. The van der Waals surface area contributed by atoms with Crippen molar-refractivity contribution in [2.75, 3.05) is 13.2 Å². The monoisotopic (exact) mass is 1070 g/mol. The van der Waals surface area contributed by atoms with E-state index in [9.17, 15) is 14.4 Å². The van der Waals surface area contributed by atoms with Gasteiger partial charge in [-0.3, -0.25) is 14.4 Å². The van der Waals surface area contributed by atoms with E-state index in [1.165, 1.54) is 276 Å². The van der Waals surface area contributed by atoms with Crippen LogP contribution in [0.4, 0.5) is 0 Å². The van der Waals surface area contributed by atoms with E-state index < -0.39 is 6.10 Å². The van der Waals surface area contributed by atoms with Crippen LogP contribution in [0, 0.1) is 0 Å². The molecule has 0 aliphatic carbocycles. The van der Waals surface area contributed by atoms with Gasteiger partial charge >= 0.3 is 17.9 Å². The third kappa shape index (κ3) is 62.7. The zero-order valence-corrected chi connectivity index (χ0v) is 51.6. The number of esters is 3. The molecule has 0 N–H and O–H groups in total. The summed E-state index contributed by atoms with van der Waals surface area (Å²) in [5, 5.41) is 0. The topological polar surface area (TPSA) is 78.9 Å². The Kier molecular flexibility index (Phi) is 63.6. The number of unbranched alkanes of at least 4 members (excludes halogenated alkanes) is 49. The lowest BCUT2D eigenvalue weighted by atomic mass is 10.0. The van der Waals surface area contributed by atoms with Crippen LogP contribution >= 0.6 is 0 Å². The quantitative estimate of drug-likeness (QED) is 0.0261. The number of allylic oxidation sites excluding steroid dienone is 4. The van der Waals surface area contributed by atoms with Crippen molar-refractivity contribution < 1.29 is 28.6 Å². The van der Waals surface area contributed by atoms with Gasteiger partial charge in [0.05, 0.1) is 0 Å². The largest absolute Gasteiger partial charge is 0.462 e.